The van der Waals surface area contributed by atoms with Crippen molar-refractivity contribution < 1.29 is 18.7 Å². The number of anilines is 1. The Labute approximate surface area is 202 Å². The van der Waals surface area contributed by atoms with Gasteiger partial charge in [0.25, 0.3) is 5.91 Å². The second-order valence-corrected chi connectivity index (χ2v) is 8.43. The van der Waals surface area contributed by atoms with Gasteiger partial charge in [-0.2, -0.15) is 0 Å². The van der Waals surface area contributed by atoms with E-state index in [-0.39, 0.29) is 12.5 Å². The van der Waals surface area contributed by atoms with Gasteiger partial charge in [-0.1, -0.05) is 23.7 Å². The van der Waals surface area contributed by atoms with Crippen molar-refractivity contribution in [2.75, 3.05) is 38.2 Å². The second kappa shape index (κ2) is 10.2. The van der Waals surface area contributed by atoms with E-state index >= 15 is 0 Å². The molecule has 1 saturated heterocycles. The first-order chi connectivity index (χ1) is 16.6. The number of carbonyl (C=O) groups is 1. The zero-order valence-electron chi connectivity index (χ0n) is 18.5. The molecule has 1 aromatic heterocycles. The van der Waals surface area contributed by atoms with Gasteiger partial charge in [-0.25, -0.2) is 4.98 Å². The molecule has 1 fully saturated rings. The average Bonchev–Trinajstić information content (AvgIpc) is 3.31. The molecule has 0 unspecified atom stereocenters. The topological polar surface area (TPSA) is 76.8 Å². The molecule has 0 saturated carbocycles. The van der Waals surface area contributed by atoms with Crippen LogP contribution >= 0.6 is 11.6 Å². The number of carbonyl (C=O) groups excluding carboxylic acids is 1. The highest BCUT2D eigenvalue weighted by molar-refractivity contribution is 6.30. The molecule has 0 atom stereocenters. The highest BCUT2D eigenvalue weighted by atomic mass is 35.5. The first kappa shape index (κ1) is 22.3. The Morgan fingerprint density at radius 2 is 1.88 bits per heavy atom. The Morgan fingerprint density at radius 1 is 1.06 bits per heavy atom. The lowest BCUT2D eigenvalue weighted by molar-refractivity contribution is -0.137. The van der Waals surface area contributed by atoms with E-state index < -0.39 is 0 Å². The third-order valence-corrected chi connectivity index (χ3v) is 5.85. The third kappa shape index (κ3) is 5.32. The number of nitrogens with zero attached hydrogens (tertiary/aromatic N) is 2. The van der Waals surface area contributed by atoms with Crippen LogP contribution in [0.3, 0.4) is 0 Å². The quantitative estimate of drug-likeness (QED) is 0.403. The molecule has 1 amide bonds. The number of oxazole rings is 1. The molecule has 0 radical (unpaired) electrons. The van der Waals surface area contributed by atoms with E-state index in [0.717, 1.165) is 27.9 Å². The number of hydrogen-bond donors (Lipinski definition) is 1. The number of halogens is 1. The van der Waals surface area contributed by atoms with Crippen molar-refractivity contribution in [3.63, 3.8) is 0 Å². The monoisotopic (exact) mass is 477 g/mol. The zero-order chi connectivity index (χ0) is 23.3. The van der Waals surface area contributed by atoms with Gasteiger partial charge < -0.3 is 24.1 Å². The Balaban J connectivity index is 1.20. The molecular weight excluding hydrogens is 454 g/mol. The molecule has 4 aromatic rings. The van der Waals surface area contributed by atoms with Crippen LogP contribution in [0.15, 0.2) is 71.1 Å². The second-order valence-electron chi connectivity index (χ2n) is 7.99. The molecule has 5 rings (SSSR count). The van der Waals surface area contributed by atoms with Gasteiger partial charge in [0.1, 0.15) is 11.3 Å². The van der Waals surface area contributed by atoms with Crippen LogP contribution < -0.4 is 10.1 Å². The van der Waals surface area contributed by atoms with Crippen molar-refractivity contribution in [1.82, 2.24) is 9.88 Å². The van der Waals surface area contributed by atoms with Gasteiger partial charge in [0.2, 0.25) is 5.89 Å². The summed E-state index contributed by atoms with van der Waals surface area (Å²) in [5, 5.41) is 4.08. The average molecular weight is 478 g/mol. The molecule has 1 N–H and O–H groups in total. The summed E-state index contributed by atoms with van der Waals surface area (Å²) in [5.41, 5.74) is 4.33. The van der Waals surface area contributed by atoms with Gasteiger partial charge in [-0.05, 0) is 60.2 Å². The minimum atomic E-state index is -0.0225. The molecule has 0 aliphatic carbocycles. The summed E-state index contributed by atoms with van der Waals surface area (Å²) in [6, 6.07) is 20.9. The highest BCUT2D eigenvalue weighted by Crippen LogP contribution is 2.27. The van der Waals surface area contributed by atoms with Crippen molar-refractivity contribution in [1.29, 1.82) is 0 Å². The van der Waals surface area contributed by atoms with E-state index in [1.165, 1.54) is 0 Å². The van der Waals surface area contributed by atoms with Crippen LogP contribution in [0.5, 0.6) is 5.75 Å². The fraction of sp³-hybridized carbons (Fsp3) is 0.231. The normalized spacial score (nSPS) is 13.7. The fourth-order valence-corrected chi connectivity index (χ4v) is 3.88. The summed E-state index contributed by atoms with van der Waals surface area (Å²) in [6.45, 7) is 3.01. The predicted molar refractivity (Wildman–Crippen MR) is 131 cm³/mol. The maximum Gasteiger partial charge on any atom is 0.260 e. The lowest BCUT2D eigenvalue weighted by Gasteiger charge is -2.26. The van der Waals surface area contributed by atoms with E-state index in [9.17, 15) is 4.79 Å². The summed E-state index contributed by atoms with van der Waals surface area (Å²) < 4.78 is 16.9. The Hall–Kier alpha value is -3.55. The third-order valence-electron chi connectivity index (χ3n) is 5.60. The summed E-state index contributed by atoms with van der Waals surface area (Å²) in [4.78, 5) is 18.7. The number of amides is 1. The standard InChI is InChI=1S/C26H24ClN3O4/c27-20-6-4-19(5-7-20)26-29-23-15-21(8-9-24(23)34-26)28-16-18-2-1-3-22(14-18)33-17-25(31)30-10-12-32-13-11-30/h1-9,14-15,28H,10-13,16-17H2. The minimum Gasteiger partial charge on any atom is -0.484 e. The molecule has 8 heteroatoms. The minimum absolute atomic E-state index is 0.0225. The lowest BCUT2D eigenvalue weighted by atomic mass is 10.2. The molecule has 1 aliphatic heterocycles. The van der Waals surface area contributed by atoms with Crippen LogP contribution in [0.1, 0.15) is 5.56 Å². The number of rotatable bonds is 7. The molecule has 7 nitrogen and oxygen atoms in total. The molecule has 0 bridgehead atoms. The highest BCUT2D eigenvalue weighted by Gasteiger charge is 2.17. The lowest BCUT2D eigenvalue weighted by Crippen LogP contribution is -2.42. The first-order valence-corrected chi connectivity index (χ1v) is 11.5. The maximum atomic E-state index is 12.3. The molecule has 1 aliphatic rings. The Morgan fingerprint density at radius 3 is 2.71 bits per heavy atom. The van der Waals surface area contributed by atoms with Crippen molar-refractivity contribution in [3.8, 4) is 17.2 Å². The van der Waals surface area contributed by atoms with Crippen LogP contribution in [-0.4, -0.2) is 48.7 Å². The summed E-state index contributed by atoms with van der Waals surface area (Å²) >= 11 is 5.97. The number of nitrogens with one attached hydrogen (secondary N) is 1. The molecule has 3 aromatic carbocycles. The van der Waals surface area contributed by atoms with Crippen molar-refractivity contribution in [2.24, 2.45) is 0 Å². The number of fused-ring (bicyclic) bond motifs is 1. The van der Waals surface area contributed by atoms with E-state index in [1.807, 2.05) is 66.7 Å². The smallest absolute Gasteiger partial charge is 0.260 e. The fourth-order valence-electron chi connectivity index (χ4n) is 3.75. The number of aromatic nitrogens is 1. The summed E-state index contributed by atoms with van der Waals surface area (Å²) in [7, 11) is 0. The Bertz CT molecular complexity index is 1280. The van der Waals surface area contributed by atoms with Crippen molar-refractivity contribution in [2.45, 2.75) is 6.54 Å². The van der Waals surface area contributed by atoms with Gasteiger partial charge in [-0.15, -0.1) is 0 Å². The summed E-state index contributed by atoms with van der Waals surface area (Å²) in [5.74, 6) is 1.20. The zero-order valence-corrected chi connectivity index (χ0v) is 19.3. The number of ether oxygens (including phenoxy) is 2. The molecule has 0 spiro atoms. The summed E-state index contributed by atoms with van der Waals surface area (Å²) in [6.07, 6.45) is 0. The molecular formula is C26H24ClN3O4. The van der Waals surface area contributed by atoms with Crippen molar-refractivity contribution >= 4 is 34.3 Å². The first-order valence-electron chi connectivity index (χ1n) is 11.1. The Kier molecular flexibility index (Phi) is 6.65. The molecule has 174 valence electrons. The van der Waals surface area contributed by atoms with Crippen LogP contribution in [-0.2, 0) is 16.1 Å². The largest absolute Gasteiger partial charge is 0.484 e. The number of hydrogen-bond acceptors (Lipinski definition) is 6. The van der Waals surface area contributed by atoms with Crippen molar-refractivity contribution in [3.05, 3.63) is 77.3 Å². The van der Waals surface area contributed by atoms with Crippen LogP contribution in [0.2, 0.25) is 5.02 Å². The van der Waals surface area contributed by atoms with Crippen LogP contribution in [0.25, 0.3) is 22.6 Å². The molecule has 34 heavy (non-hydrogen) atoms. The van der Waals surface area contributed by atoms with Crippen LogP contribution in [0, 0.1) is 0 Å². The number of morpholine rings is 1. The van der Waals surface area contributed by atoms with Gasteiger partial charge in [-0.3, -0.25) is 4.79 Å². The maximum absolute atomic E-state index is 12.3. The predicted octanol–water partition coefficient (Wildman–Crippen LogP) is 5.00. The van der Waals surface area contributed by atoms with E-state index in [0.29, 0.717) is 49.5 Å². The SMILES string of the molecule is O=C(COc1cccc(CNc2ccc3oc(-c4ccc(Cl)cc4)nc3c2)c1)N1CCOCC1. The van der Waals surface area contributed by atoms with Gasteiger partial charge in [0.05, 0.1) is 13.2 Å². The van der Waals surface area contributed by atoms with Gasteiger partial charge >= 0.3 is 0 Å². The molecule has 2 heterocycles. The van der Waals surface area contributed by atoms with E-state index in [2.05, 4.69) is 10.3 Å². The van der Waals surface area contributed by atoms with E-state index in [1.54, 1.807) is 4.90 Å². The van der Waals surface area contributed by atoms with Gasteiger partial charge in [0, 0.05) is 35.9 Å². The van der Waals surface area contributed by atoms with Gasteiger partial charge in [0.15, 0.2) is 12.2 Å². The van der Waals surface area contributed by atoms with E-state index in [4.69, 9.17) is 25.5 Å². The number of benzene rings is 3. The van der Waals surface area contributed by atoms with Crippen LogP contribution in [0.4, 0.5) is 5.69 Å².